The molecule has 2 aromatic rings. The quantitative estimate of drug-likeness (QED) is 0.476. The standard InChI is InChI=1S/C18H15ClN2O2/c19-12-5-1-4-11(10-12)17-14-7-2-6-13(14)15-8-3-9-16(21(22)23)18(15)20-17/h1-6,8-10,13-14,17,20H,7H2/t13-,14+,17+/m1/s1. The van der Waals surface area contributed by atoms with Crippen molar-refractivity contribution in [1.82, 2.24) is 0 Å². The van der Waals surface area contributed by atoms with Crippen LogP contribution in [-0.4, -0.2) is 4.92 Å². The van der Waals surface area contributed by atoms with E-state index in [1.54, 1.807) is 12.1 Å². The third kappa shape index (κ3) is 2.30. The van der Waals surface area contributed by atoms with Crippen LogP contribution in [0, 0.1) is 16.0 Å². The van der Waals surface area contributed by atoms with Crippen LogP contribution in [0.5, 0.6) is 0 Å². The van der Waals surface area contributed by atoms with Gasteiger partial charge >= 0.3 is 0 Å². The number of rotatable bonds is 2. The average Bonchev–Trinajstić information content (AvgIpc) is 3.03. The summed E-state index contributed by atoms with van der Waals surface area (Å²) in [5, 5.41) is 15.5. The maximum Gasteiger partial charge on any atom is 0.292 e. The third-order valence-electron chi connectivity index (χ3n) is 4.78. The lowest BCUT2D eigenvalue weighted by molar-refractivity contribution is -0.384. The second-order valence-corrected chi connectivity index (χ2v) is 6.47. The smallest absolute Gasteiger partial charge is 0.292 e. The van der Waals surface area contributed by atoms with Crippen LogP contribution < -0.4 is 5.32 Å². The van der Waals surface area contributed by atoms with Crippen LogP contribution in [0.1, 0.15) is 29.5 Å². The van der Waals surface area contributed by atoms with Crippen LogP contribution in [0.25, 0.3) is 0 Å². The fourth-order valence-corrected chi connectivity index (χ4v) is 3.99. The molecule has 1 aliphatic heterocycles. The highest BCUT2D eigenvalue weighted by molar-refractivity contribution is 6.30. The largest absolute Gasteiger partial charge is 0.372 e. The molecule has 3 atom stereocenters. The number of allylic oxidation sites excluding steroid dienone is 2. The Morgan fingerprint density at radius 2 is 2.04 bits per heavy atom. The van der Waals surface area contributed by atoms with E-state index in [4.69, 9.17) is 11.6 Å². The highest BCUT2D eigenvalue weighted by atomic mass is 35.5. The number of hydrogen-bond donors (Lipinski definition) is 1. The number of nitro benzene ring substituents is 1. The van der Waals surface area contributed by atoms with Gasteiger partial charge in [0.15, 0.2) is 0 Å². The van der Waals surface area contributed by atoms with Gasteiger partial charge in [0.05, 0.1) is 11.0 Å². The minimum Gasteiger partial charge on any atom is -0.372 e. The van der Waals surface area contributed by atoms with Crippen molar-refractivity contribution < 1.29 is 4.92 Å². The maximum absolute atomic E-state index is 11.4. The summed E-state index contributed by atoms with van der Waals surface area (Å²) in [6.07, 6.45) is 5.30. The van der Waals surface area contributed by atoms with E-state index in [1.807, 2.05) is 30.3 Å². The molecule has 0 saturated heterocycles. The van der Waals surface area contributed by atoms with Gasteiger partial charge in [0.1, 0.15) is 5.69 Å². The van der Waals surface area contributed by atoms with E-state index < -0.39 is 0 Å². The molecule has 0 radical (unpaired) electrons. The first-order valence-electron chi connectivity index (χ1n) is 7.61. The fraction of sp³-hybridized carbons (Fsp3) is 0.222. The van der Waals surface area contributed by atoms with E-state index in [1.165, 1.54) is 0 Å². The first-order chi connectivity index (χ1) is 11.1. The van der Waals surface area contributed by atoms with Gasteiger partial charge in [0.2, 0.25) is 0 Å². The Kier molecular flexibility index (Phi) is 3.34. The minimum atomic E-state index is -0.320. The molecule has 5 heteroatoms. The highest BCUT2D eigenvalue weighted by Gasteiger charge is 2.40. The molecule has 116 valence electrons. The molecule has 0 bridgehead atoms. The number of nitro groups is 1. The number of hydrogen-bond acceptors (Lipinski definition) is 3. The molecule has 23 heavy (non-hydrogen) atoms. The first-order valence-corrected chi connectivity index (χ1v) is 7.99. The van der Waals surface area contributed by atoms with E-state index in [0.29, 0.717) is 16.6 Å². The SMILES string of the molecule is O=[N+]([O-])c1cccc2c1N[C@@H](c1cccc(Cl)c1)[C@H]1CC=C[C@@H]21. The van der Waals surface area contributed by atoms with Crippen molar-refractivity contribution >= 4 is 23.0 Å². The zero-order chi connectivity index (χ0) is 16.0. The van der Waals surface area contributed by atoms with Gasteiger partial charge in [-0.15, -0.1) is 0 Å². The molecule has 4 nitrogen and oxygen atoms in total. The molecule has 0 aromatic heterocycles. The predicted molar refractivity (Wildman–Crippen MR) is 90.9 cm³/mol. The number of halogens is 1. The monoisotopic (exact) mass is 326 g/mol. The maximum atomic E-state index is 11.4. The summed E-state index contributed by atoms with van der Waals surface area (Å²) in [7, 11) is 0. The van der Waals surface area contributed by atoms with Crippen molar-refractivity contribution in [2.75, 3.05) is 5.32 Å². The Hall–Kier alpha value is -2.33. The molecule has 1 heterocycles. The lowest BCUT2D eigenvalue weighted by Crippen LogP contribution is -2.29. The number of nitrogens with zero attached hydrogens (tertiary/aromatic N) is 1. The van der Waals surface area contributed by atoms with Crippen molar-refractivity contribution in [3.63, 3.8) is 0 Å². The summed E-state index contributed by atoms with van der Waals surface area (Å²) in [6.45, 7) is 0. The molecule has 0 fully saturated rings. The summed E-state index contributed by atoms with van der Waals surface area (Å²) in [5.74, 6) is 0.554. The Morgan fingerprint density at radius 1 is 1.22 bits per heavy atom. The minimum absolute atomic E-state index is 0.0160. The summed E-state index contributed by atoms with van der Waals surface area (Å²) >= 11 is 6.14. The van der Waals surface area contributed by atoms with Gasteiger partial charge in [0.25, 0.3) is 5.69 Å². The Bertz CT molecular complexity index is 818. The van der Waals surface area contributed by atoms with Crippen LogP contribution in [-0.2, 0) is 0 Å². The topological polar surface area (TPSA) is 55.2 Å². The normalized spacial score (nSPS) is 24.7. The number of para-hydroxylation sites is 1. The van der Waals surface area contributed by atoms with Gasteiger partial charge in [-0.05, 0) is 35.6 Å². The van der Waals surface area contributed by atoms with E-state index in [-0.39, 0.29) is 22.6 Å². The predicted octanol–water partition coefficient (Wildman–Crippen LogP) is 5.07. The molecular weight excluding hydrogens is 312 g/mol. The second-order valence-electron chi connectivity index (χ2n) is 6.03. The lowest BCUT2D eigenvalue weighted by atomic mass is 9.77. The highest BCUT2D eigenvalue weighted by Crippen LogP contribution is 2.52. The molecule has 2 aromatic carbocycles. The molecule has 1 aliphatic carbocycles. The molecule has 0 amide bonds. The zero-order valence-electron chi connectivity index (χ0n) is 12.3. The molecule has 4 rings (SSSR count). The summed E-state index contributed by atoms with van der Waals surface area (Å²) in [4.78, 5) is 11.1. The Balaban J connectivity index is 1.85. The average molecular weight is 327 g/mol. The molecule has 0 saturated carbocycles. The zero-order valence-corrected chi connectivity index (χ0v) is 13.0. The third-order valence-corrected chi connectivity index (χ3v) is 5.01. The van der Waals surface area contributed by atoms with Gasteiger partial charge in [-0.3, -0.25) is 10.1 Å². The summed E-state index contributed by atoms with van der Waals surface area (Å²) < 4.78 is 0. The molecule has 1 N–H and O–H groups in total. The molecule has 0 unspecified atom stereocenters. The molecule has 0 spiro atoms. The molecule has 2 aliphatic rings. The second kappa shape index (κ2) is 5.39. The first kappa shape index (κ1) is 14.3. The van der Waals surface area contributed by atoms with E-state index in [2.05, 4.69) is 17.5 Å². The Labute approximate surface area is 138 Å². The van der Waals surface area contributed by atoms with Gasteiger partial charge < -0.3 is 5.32 Å². The number of nitrogens with one attached hydrogen (secondary N) is 1. The van der Waals surface area contributed by atoms with Crippen molar-refractivity contribution in [2.24, 2.45) is 5.92 Å². The summed E-state index contributed by atoms with van der Waals surface area (Å²) in [5.41, 5.74) is 2.85. The van der Waals surface area contributed by atoms with Crippen molar-refractivity contribution in [2.45, 2.75) is 18.4 Å². The van der Waals surface area contributed by atoms with Crippen LogP contribution in [0.15, 0.2) is 54.6 Å². The van der Waals surface area contributed by atoms with Gasteiger partial charge in [0, 0.05) is 17.0 Å². The van der Waals surface area contributed by atoms with Gasteiger partial charge in [-0.2, -0.15) is 0 Å². The van der Waals surface area contributed by atoms with E-state index >= 15 is 0 Å². The molecular formula is C18H15ClN2O2. The van der Waals surface area contributed by atoms with Gasteiger partial charge in [-0.1, -0.05) is 48.0 Å². The van der Waals surface area contributed by atoms with Crippen LogP contribution in [0.2, 0.25) is 5.02 Å². The number of benzene rings is 2. The summed E-state index contributed by atoms with van der Waals surface area (Å²) in [6, 6.07) is 13.0. The lowest BCUT2D eigenvalue weighted by Gasteiger charge is -2.37. The van der Waals surface area contributed by atoms with Crippen LogP contribution in [0.4, 0.5) is 11.4 Å². The number of fused-ring (bicyclic) bond motifs is 3. The number of anilines is 1. The van der Waals surface area contributed by atoms with Crippen molar-refractivity contribution in [3.8, 4) is 0 Å². The van der Waals surface area contributed by atoms with Crippen LogP contribution in [0.3, 0.4) is 0 Å². The van der Waals surface area contributed by atoms with Gasteiger partial charge in [-0.25, -0.2) is 0 Å². The fourth-order valence-electron chi connectivity index (χ4n) is 3.79. The van der Waals surface area contributed by atoms with Crippen LogP contribution >= 0.6 is 11.6 Å². The van der Waals surface area contributed by atoms with Crippen molar-refractivity contribution in [3.05, 3.63) is 80.9 Å². The van der Waals surface area contributed by atoms with E-state index in [0.717, 1.165) is 17.5 Å². The van der Waals surface area contributed by atoms with E-state index in [9.17, 15) is 10.1 Å². The van der Waals surface area contributed by atoms with Crippen molar-refractivity contribution in [1.29, 1.82) is 0 Å². The Morgan fingerprint density at radius 3 is 2.83 bits per heavy atom.